The van der Waals surface area contributed by atoms with Crippen LogP contribution in [-0.2, 0) is 9.47 Å². The van der Waals surface area contributed by atoms with Crippen molar-refractivity contribution in [2.24, 2.45) is 4.99 Å². The molecule has 148 valence electrons. The number of guanidine groups is 1. The Kier molecular flexibility index (Phi) is 12.3. The van der Waals surface area contributed by atoms with Gasteiger partial charge in [0.15, 0.2) is 5.96 Å². The van der Waals surface area contributed by atoms with Crippen LogP contribution in [0.1, 0.15) is 32.3 Å². The number of aliphatic imine (C=N–C) groups is 1. The van der Waals surface area contributed by atoms with Gasteiger partial charge in [0.2, 0.25) is 0 Å². The van der Waals surface area contributed by atoms with Crippen molar-refractivity contribution in [2.75, 3.05) is 46.6 Å². The van der Waals surface area contributed by atoms with Crippen molar-refractivity contribution < 1.29 is 14.2 Å². The molecule has 1 rings (SSSR count). The second-order valence-corrected chi connectivity index (χ2v) is 6.20. The number of hydrogen-bond donors (Lipinski definition) is 2. The van der Waals surface area contributed by atoms with Crippen LogP contribution in [-0.4, -0.2) is 58.6 Å². The Morgan fingerprint density at radius 3 is 2.38 bits per heavy atom. The van der Waals surface area contributed by atoms with E-state index in [1.807, 2.05) is 31.2 Å². The fourth-order valence-electron chi connectivity index (χ4n) is 2.16. The van der Waals surface area contributed by atoms with Crippen LogP contribution in [0.3, 0.4) is 0 Å². The third kappa shape index (κ3) is 10.9. The van der Waals surface area contributed by atoms with E-state index >= 15 is 0 Å². The normalized spacial score (nSPS) is 12.7. The molecule has 0 saturated carbocycles. The summed E-state index contributed by atoms with van der Waals surface area (Å²) in [5.74, 6) is 1.62. The van der Waals surface area contributed by atoms with Crippen LogP contribution in [0.5, 0.6) is 5.75 Å². The van der Waals surface area contributed by atoms with E-state index in [0.717, 1.165) is 31.2 Å². The maximum absolute atomic E-state index is 5.88. The Balaban J connectivity index is 2.08. The van der Waals surface area contributed by atoms with Gasteiger partial charge in [-0.2, -0.15) is 0 Å². The first-order valence-electron chi connectivity index (χ1n) is 9.49. The van der Waals surface area contributed by atoms with Gasteiger partial charge in [-0.3, -0.25) is 4.99 Å². The zero-order valence-electron chi connectivity index (χ0n) is 16.7. The predicted molar refractivity (Wildman–Crippen MR) is 107 cm³/mol. The SMILES string of the molecule is CCCCOCCOCCNC(=NC)NCC(C)Oc1ccc(C)cc1. The summed E-state index contributed by atoms with van der Waals surface area (Å²) in [6.45, 7) is 10.3. The molecular weight excluding hydrogens is 330 g/mol. The van der Waals surface area contributed by atoms with Gasteiger partial charge in [-0.25, -0.2) is 0 Å². The Bertz CT molecular complexity index is 492. The van der Waals surface area contributed by atoms with Crippen LogP contribution in [0, 0.1) is 6.92 Å². The summed E-state index contributed by atoms with van der Waals surface area (Å²) in [4.78, 5) is 4.20. The van der Waals surface area contributed by atoms with E-state index < -0.39 is 0 Å². The van der Waals surface area contributed by atoms with Crippen LogP contribution in [0.2, 0.25) is 0 Å². The van der Waals surface area contributed by atoms with Gasteiger partial charge in [-0.15, -0.1) is 0 Å². The largest absolute Gasteiger partial charge is 0.489 e. The minimum absolute atomic E-state index is 0.0350. The van der Waals surface area contributed by atoms with Gasteiger partial charge >= 0.3 is 0 Å². The van der Waals surface area contributed by atoms with E-state index in [2.05, 4.69) is 29.5 Å². The molecule has 0 aromatic heterocycles. The number of benzene rings is 1. The minimum atomic E-state index is 0.0350. The molecule has 0 aliphatic rings. The molecule has 1 aromatic rings. The van der Waals surface area contributed by atoms with Gasteiger partial charge in [0, 0.05) is 20.2 Å². The topological polar surface area (TPSA) is 64.1 Å². The summed E-state index contributed by atoms with van der Waals surface area (Å²) >= 11 is 0. The van der Waals surface area contributed by atoms with Gasteiger partial charge in [-0.05, 0) is 32.4 Å². The second kappa shape index (κ2) is 14.4. The van der Waals surface area contributed by atoms with Gasteiger partial charge in [-0.1, -0.05) is 31.0 Å². The summed E-state index contributed by atoms with van der Waals surface area (Å²) < 4.78 is 16.9. The molecule has 0 heterocycles. The van der Waals surface area contributed by atoms with E-state index in [1.165, 1.54) is 5.56 Å². The monoisotopic (exact) mass is 365 g/mol. The van der Waals surface area contributed by atoms with Crippen LogP contribution in [0.4, 0.5) is 0 Å². The smallest absolute Gasteiger partial charge is 0.191 e. The lowest BCUT2D eigenvalue weighted by Crippen LogP contribution is -2.42. The quantitative estimate of drug-likeness (QED) is 0.320. The Morgan fingerprint density at radius 2 is 1.73 bits per heavy atom. The number of nitrogens with one attached hydrogen (secondary N) is 2. The summed E-state index contributed by atoms with van der Waals surface area (Å²) in [6.07, 6.45) is 2.30. The van der Waals surface area contributed by atoms with Crippen molar-refractivity contribution in [3.63, 3.8) is 0 Å². The Labute approximate surface area is 158 Å². The molecule has 0 fully saturated rings. The van der Waals surface area contributed by atoms with Crippen molar-refractivity contribution in [1.82, 2.24) is 10.6 Å². The molecule has 0 aliphatic carbocycles. The van der Waals surface area contributed by atoms with E-state index in [0.29, 0.717) is 32.9 Å². The van der Waals surface area contributed by atoms with Crippen molar-refractivity contribution in [3.05, 3.63) is 29.8 Å². The Morgan fingerprint density at radius 1 is 1.04 bits per heavy atom. The lowest BCUT2D eigenvalue weighted by molar-refractivity contribution is 0.0487. The van der Waals surface area contributed by atoms with Gasteiger partial charge in [0.25, 0.3) is 0 Å². The summed E-state index contributed by atoms with van der Waals surface area (Å²) in [5.41, 5.74) is 1.22. The summed E-state index contributed by atoms with van der Waals surface area (Å²) in [6, 6.07) is 8.07. The van der Waals surface area contributed by atoms with E-state index in [9.17, 15) is 0 Å². The van der Waals surface area contributed by atoms with Crippen molar-refractivity contribution >= 4 is 5.96 Å². The first-order chi connectivity index (χ1) is 12.7. The van der Waals surface area contributed by atoms with Crippen LogP contribution >= 0.6 is 0 Å². The molecular formula is C20H35N3O3. The number of aryl methyl sites for hydroxylation is 1. The van der Waals surface area contributed by atoms with Crippen molar-refractivity contribution in [2.45, 2.75) is 39.7 Å². The average molecular weight is 366 g/mol. The van der Waals surface area contributed by atoms with Crippen LogP contribution < -0.4 is 15.4 Å². The minimum Gasteiger partial charge on any atom is -0.489 e. The van der Waals surface area contributed by atoms with Gasteiger partial charge < -0.3 is 24.8 Å². The highest BCUT2D eigenvalue weighted by molar-refractivity contribution is 5.79. The number of rotatable bonds is 13. The molecule has 6 heteroatoms. The fourth-order valence-corrected chi connectivity index (χ4v) is 2.16. The molecule has 26 heavy (non-hydrogen) atoms. The standard InChI is InChI=1S/C20H35N3O3/c1-5-6-12-24-14-15-25-13-11-22-20(21-4)23-16-18(3)26-19-9-7-17(2)8-10-19/h7-10,18H,5-6,11-16H2,1-4H3,(H2,21,22,23). The maximum Gasteiger partial charge on any atom is 0.191 e. The average Bonchev–Trinajstić information content (AvgIpc) is 2.64. The molecule has 0 spiro atoms. The molecule has 1 atom stereocenters. The second-order valence-electron chi connectivity index (χ2n) is 6.20. The number of ether oxygens (including phenoxy) is 3. The van der Waals surface area contributed by atoms with E-state index in [1.54, 1.807) is 7.05 Å². The molecule has 1 unspecified atom stereocenters. The molecule has 0 radical (unpaired) electrons. The van der Waals surface area contributed by atoms with Crippen molar-refractivity contribution in [1.29, 1.82) is 0 Å². The molecule has 0 aliphatic heterocycles. The molecule has 0 saturated heterocycles. The predicted octanol–water partition coefficient (Wildman–Crippen LogP) is 2.76. The van der Waals surface area contributed by atoms with Crippen LogP contribution in [0.15, 0.2) is 29.3 Å². The first kappa shape index (κ1) is 22.3. The molecule has 6 nitrogen and oxygen atoms in total. The lowest BCUT2D eigenvalue weighted by Gasteiger charge is -2.18. The van der Waals surface area contributed by atoms with Gasteiger partial charge in [0.05, 0.1) is 26.4 Å². The highest BCUT2D eigenvalue weighted by atomic mass is 16.5. The zero-order chi connectivity index (χ0) is 19.0. The third-order valence-electron chi connectivity index (χ3n) is 3.69. The highest BCUT2D eigenvalue weighted by Crippen LogP contribution is 2.12. The van der Waals surface area contributed by atoms with Crippen molar-refractivity contribution in [3.8, 4) is 5.75 Å². The molecule has 0 amide bonds. The lowest BCUT2D eigenvalue weighted by atomic mass is 10.2. The number of nitrogens with zero attached hydrogens (tertiary/aromatic N) is 1. The summed E-state index contributed by atoms with van der Waals surface area (Å²) in [7, 11) is 1.75. The highest BCUT2D eigenvalue weighted by Gasteiger charge is 2.05. The number of unbranched alkanes of at least 4 members (excludes halogenated alkanes) is 1. The fraction of sp³-hybridized carbons (Fsp3) is 0.650. The molecule has 0 bridgehead atoms. The zero-order valence-corrected chi connectivity index (χ0v) is 16.7. The maximum atomic E-state index is 5.88. The van der Waals surface area contributed by atoms with Crippen LogP contribution in [0.25, 0.3) is 0 Å². The third-order valence-corrected chi connectivity index (χ3v) is 3.69. The Hall–Kier alpha value is -1.79. The molecule has 1 aromatic carbocycles. The number of hydrogen-bond acceptors (Lipinski definition) is 4. The summed E-state index contributed by atoms with van der Waals surface area (Å²) in [5, 5.41) is 6.48. The van der Waals surface area contributed by atoms with E-state index in [4.69, 9.17) is 14.2 Å². The first-order valence-corrected chi connectivity index (χ1v) is 9.49. The molecule has 2 N–H and O–H groups in total. The van der Waals surface area contributed by atoms with Gasteiger partial charge in [0.1, 0.15) is 11.9 Å². The van der Waals surface area contributed by atoms with E-state index in [-0.39, 0.29) is 6.10 Å².